The smallest absolute Gasteiger partial charge is 0.161 e. The number of ether oxygens (including phenoxy) is 1. The van der Waals surface area contributed by atoms with Crippen LogP contribution < -0.4 is 4.90 Å². The first kappa shape index (κ1) is 11.5. The van der Waals surface area contributed by atoms with Gasteiger partial charge in [-0.1, -0.05) is 0 Å². The van der Waals surface area contributed by atoms with Crippen LogP contribution in [0.15, 0.2) is 6.07 Å². The summed E-state index contributed by atoms with van der Waals surface area (Å²) in [5.41, 5.74) is 2.99. The molecule has 0 aliphatic carbocycles. The van der Waals surface area contributed by atoms with E-state index in [0.717, 1.165) is 49.2 Å². The van der Waals surface area contributed by atoms with Gasteiger partial charge < -0.3 is 9.64 Å². The highest BCUT2D eigenvalue weighted by Crippen LogP contribution is 2.22. The van der Waals surface area contributed by atoms with Crippen molar-refractivity contribution in [3.8, 4) is 0 Å². The van der Waals surface area contributed by atoms with Gasteiger partial charge in [-0.25, -0.2) is 9.97 Å². The Morgan fingerprint density at radius 1 is 1.11 bits per heavy atom. The zero-order valence-electron chi connectivity index (χ0n) is 11.1. The van der Waals surface area contributed by atoms with Crippen molar-refractivity contribution in [2.75, 3.05) is 31.2 Å². The quantitative estimate of drug-likeness (QED) is 0.764. The predicted octanol–water partition coefficient (Wildman–Crippen LogP) is 1.49. The maximum absolute atomic E-state index is 5.42. The molecule has 0 atom stereocenters. The highest BCUT2D eigenvalue weighted by molar-refractivity contribution is 5.56. The van der Waals surface area contributed by atoms with Gasteiger partial charge in [0.25, 0.3) is 0 Å². The van der Waals surface area contributed by atoms with E-state index in [0.29, 0.717) is 0 Å². The number of morpholine rings is 1. The second-order valence-electron chi connectivity index (χ2n) is 4.76. The number of rotatable bonds is 1. The van der Waals surface area contributed by atoms with Crippen LogP contribution in [0.3, 0.4) is 0 Å². The maximum atomic E-state index is 5.42. The van der Waals surface area contributed by atoms with Crippen LogP contribution in [0.5, 0.6) is 0 Å². The topological polar surface area (TPSA) is 42.7 Å². The molecule has 1 fully saturated rings. The Balaban J connectivity index is 2.20. The van der Waals surface area contributed by atoms with Crippen molar-refractivity contribution >= 4 is 11.5 Å². The minimum atomic E-state index is 0.787. The van der Waals surface area contributed by atoms with Gasteiger partial charge in [0, 0.05) is 24.8 Å². The van der Waals surface area contributed by atoms with Gasteiger partial charge in [-0.15, -0.1) is 0 Å². The van der Waals surface area contributed by atoms with Crippen LogP contribution >= 0.6 is 0 Å². The minimum Gasteiger partial charge on any atom is -0.378 e. The molecular formula is C13H18N4O. The lowest BCUT2D eigenvalue weighted by Gasteiger charge is -2.29. The molecule has 1 aliphatic heterocycles. The molecule has 5 nitrogen and oxygen atoms in total. The molecule has 96 valence electrons. The fourth-order valence-corrected chi connectivity index (χ4v) is 2.54. The number of fused-ring (bicyclic) bond motifs is 1. The number of anilines is 1. The normalized spacial score (nSPS) is 16.5. The molecular weight excluding hydrogens is 228 g/mol. The Bertz CT molecular complexity index is 584. The molecule has 3 rings (SSSR count). The highest BCUT2D eigenvalue weighted by Gasteiger charge is 2.17. The number of hydrogen-bond donors (Lipinski definition) is 0. The molecule has 0 bridgehead atoms. The average Bonchev–Trinajstić information content (AvgIpc) is 2.65. The van der Waals surface area contributed by atoms with Crippen LogP contribution in [-0.2, 0) is 4.74 Å². The number of aromatic nitrogens is 3. The molecule has 1 saturated heterocycles. The molecule has 0 radical (unpaired) electrons. The zero-order chi connectivity index (χ0) is 12.7. The molecule has 0 aromatic carbocycles. The largest absolute Gasteiger partial charge is 0.378 e. The van der Waals surface area contributed by atoms with Gasteiger partial charge in [-0.3, -0.25) is 4.40 Å². The van der Waals surface area contributed by atoms with Gasteiger partial charge >= 0.3 is 0 Å². The third-order valence-corrected chi connectivity index (χ3v) is 3.37. The molecule has 0 spiro atoms. The summed E-state index contributed by atoms with van der Waals surface area (Å²) in [6.45, 7) is 9.50. The molecule has 0 amide bonds. The van der Waals surface area contributed by atoms with E-state index >= 15 is 0 Å². The van der Waals surface area contributed by atoms with Gasteiger partial charge in [-0.05, 0) is 20.8 Å². The van der Waals surface area contributed by atoms with E-state index in [-0.39, 0.29) is 0 Å². The van der Waals surface area contributed by atoms with Crippen molar-refractivity contribution in [2.45, 2.75) is 20.8 Å². The lowest BCUT2D eigenvalue weighted by Crippen LogP contribution is -2.37. The summed E-state index contributed by atoms with van der Waals surface area (Å²) < 4.78 is 7.56. The standard InChI is InChI=1S/C13H18N4O/c1-9-8-12(16-4-6-18-7-5-16)17-11(3)15-10(2)13(17)14-9/h8H,4-7H2,1-3H3. The molecule has 2 aromatic rings. The Labute approximate surface area is 106 Å². The van der Waals surface area contributed by atoms with Crippen molar-refractivity contribution in [1.29, 1.82) is 0 Å². The molecule has 1 aliphatic rings. The van der Waals surface area contributed by atoms with Crippen molar-refractivity contribution in [3.63, 3.8) is 0 Å². The van der Waals surface area contributed by atoms with Crippen LogP contribution in [0.1, 0.15) is 17.2 Å². The lowest BCUT2D eigenvalue weighted by atomic mass is 10.3. The monoisotopic (exact) mass is 246 g/mol. The van der Waals surface area contributed by atoms with Gasteiger partial charge in [-0.2, -0.15) is 0 Å². The molecule has 5 heteroatoms. The summed E-state index contributed by atoms with van der Waals surface area (Å²) in [5, 5.41) is 0. The van der Waals surface area contributed by atoms with Crippen molar-refractivity contribution in [3.05, 3.63) is 23.3 Å². The fraction of sp³-hybridized carbons (Fsp3) is 0.538. The Kier molecular flexibility index (Phi) is 2.70. The Morgan fingerprint density at radius 3 is 2.56 bits per heavy atom. The highest BCUT2D eigenvalue weighted by atomic mass is 16.5. The molecule has 0 saturated carbocycles. The molecule has 3 heterocycles. The number of aryl methyl sites for hydroxylation is 3. The van der Waals surface area contributed by atoms with Gasteiger partial charge in [0.15, 0.2) is 5.65 Å². The van der Waals surface area contributed by atoms with E-state index in [1.807, 2.05) is 20.8 Å². The first-order valence-electron chi connectivity index (χ1n) is 6.33. The predicted molar refractivity (Wildman–Crippen MR) is 70.2 cm³/mol. The van der Waals surface area contributed by atoms with Crippen LogP contribution in [0.25, 0.3) is 5.65 Å². The average molecular weight is 246 g/mol. The van der Waals surface area contributed by atoms with Gasteiger partial charge in [0.05, 0.1) is 18.9 Å². The third kappa shape index (κ3) is 1.75. The first-order chi connectivity index (χ1) is 8.66. The zero-order valence-corrected chi connectivity index (χ0v) is 11.1. The summed E-state index contributed by atoms with van der Waals surface area (Å²) in [5.74, 6) is 2.18. The molecule has 0 N–H and O–H groups in total. The van der Waals surface area contributed by atoms with E-state index in [4.69, 9.17) is 4.74 Å². The summed E-state index contributed by atoms with van der Waals surface area (Å²) in [4.78, 5) is 11.5. The third-order valence-electron chi connectivity index (χ3n) is 3.37. The van der Waals surface area contributed by atoms with Crippen molar-refractivity contribution in [1.82, 2.24) is 14.4 Å². The van der Waals surface area contributed by atoms with Gasteiger partial charge in [0.2, 0.25) is 0 Å². The van der Waals surface area contributed by atoms with Gasteiger partial charge in [0.1, 0.15) is 11.6 Å². The second-order valence-corrected chi connectivity index (χ2v) is 4.76. The van der Waals surface area contributed by atoms with E-state index in [2.05, 4.69) is 25.3 Å². The molecule has 0 unspecified atom stereocenters. The van der Waals surface area contributed by atoms with Crippen LogP contribution in [0, 0.1) is 20.8 Å². The Morgan fingerprint density at radius 2 is 1.83 bits per heavy atom. The lowest BCUT2D eigenvalue weighted by molar-refractivity contribution is 0.122. The molecule has 2 aromatic heterocycles. The molecule has 18 heavy (non-hydrogen) atoms. The fourth-order valence-electron chi connectivity index (χ4n) is 2.54. The summed E-state index contributed by atoms with van der Waals surface area (Å²) in [6, 6.07) is 2.13. The number of imidazole rings is 1. The van der Waals surface area contributed by atoms with E-state index in [1.165, 1.54) is 5.82 Å². The van der Waals surface area contributed by atoms with Crippen LogP contribution in [-0.4, -0.2) is 40.7 Å². The van der Waals surface area contributed by atoms with Crippen LogP contribution in [0.2, 0.25) is 0 Å². The van der Waals surface area contributed by atoms with Crippen molar-refractivity contribution in [2.24, 2.45) is 0 Å². The number of hydrogen-bond acceptors (Lipinski definition) is 4. The van der Waals surface area contributed by atoms with Crippen molar-refractivity contribution < 1.29 is 4.74 Å². The van der Waals surface area contributed by atoms with E-state index < -0.39 is 0 Å². The van der Waals surface area contributed by atoms with Crippen LogP contribution in [0.4, 0.5) is 5.82 Å². The minimum absolute atomic E-state index is 0.787. The second kappa shape index (κ2) is 4.24. The Hall–Kier alpha value is -1.62. The summed E-state index contributed by atoms with van der Waals surface area (Å²) >= 11 is 0. The SMILES string of the molecule is Cc1cc(N2CCOCC2)n2c(C)nc(C)c2n1. The van der Waals surface area contributed by atoms with E-state index in [9.17, 15) is 0 Å². The first-order valence-corrected chi connectivity index (χ1v) is 6.33. The summed E-state index contributed by atoms with van der Waals surface area (Å²) in [7, 11) is 0. The van der Waals surface area contributed by atoms with E-state index in [1.54, 1.807) is 0 Å². The summed E-state index contributed by atoms with van der Waals surface area (Å²) in [6.07, 6.45) is 0. The number of nitrogens with zero attached hydrogens (tertiary/aromatic N) is 4. The maximum Gasteiger partial charge on any atom is 0.161 e.